The lowest BCUT2D eigenvalue weighted by Crippen LogP contribution is -2.40. The molecule has 0 radical (unpaired) electrons. The minimum absolute atomic E-state index is 0.214. The first-order valence-corrected chi connectivity index (χ1v) is 4.43. The minimum Gasteiger partial charge on any atom is -0.459 e. The van der Waals surface area contributed by atoms with Crippen LogP contribution in [0.4, 0.5) is 0 Å². The van der Waals surface area contributed by atoms with Crippen molar-refractivity contribution in [2.45, 2.75) is 39.3 Å². The zero-order chi connectivity index (χ0) is 10.5. The van der Waals surface area contributed by atoms with E-state index < -0.39 is 17.6 Å². The molecule has 0 saturated heterocycles. The number of carbonyl (C=O) groups is 1. The van der Waals surface area contributed by atoms with E-state index >= 15 is 0 Å². The van der Waals surface area contributed by atoms with Crippen LogP contribution in [0.25, 0.3) is 0 Å². The summed E-state index contributed by atoms with van der Waals surface area (Å²) in [5, 5.41) is 0. The standard InChI is InChI=1S/C9H19NO3/c1-5-12-6-7(10)8(11)13-9(2,3)4/h7H,5-6,10H2,1-4H3/t7-/m1/s1. The zero-order valence-electron chi connectivity index (χ0n) is 8.79. The summed E-state index contributed by atoms with van der Waals surface area (Å²) in [5.74, 6) is -0.416. The molecule has 0 amide bonds. The van der Waals surface area contributed by atoms with Gasteiger partial charge in [0.05, 0.1) is 6.61 Å². The SMILES string of the molecule is CCOC[C@@H](N)C(=O)OC(C)(C)C. The molecule has 0 rings (SSSR count). The van der Waals surface area contributed by atoms with E-state index in [9.17, 15) is 4.79 Å². The average molecular weight is 189 g/mol. The van der Waals surface area contributed by atoms with Crippen LogP contribution >= 0.6 is 0 Å². The summed E-state index contributed by atoms with van der Waals surface area (Å²) in [6.07, 6.45) is 0. The van der Waals surface area contributed by atoms with E-state index in [1.807, 2.05) is 6.92 Å². The summed E-state index contributed by atoms with van der Waals surface area (Å²) in [7, 11) is 0. The highest BCUT2D eigenvalue weighted by Crippen LogP contribution is 2.07. The van der Waals surface area contributed by atoms with E-state index in [0.29, 0.717) is 6.61 Å². The molecule has 0 saturated carbocycles. The molecule has 0 spiro atoms. The Kier molecular flexibility index (Phi) is 4.95. The molecule has 0 bridgehead atoms. The second kappa shape index (κ2) is 5.19. The van der Waals surface area contributed by atoms with E-state index in [1.54, 1.807) is 20.8 Å². The minimum atomic E-state index is -0.681. The lowest BCUT2D eigenvalue weighted by atomic mass is 10.2. The van der Waals surface area contributed by atoms with Gasteiger partial charge in [0.25, 0.3) is 0 Å². The van der Waals surface area contributed by atoms with Gasteiger partial charge in [-0.1, -0.05) is 0 Å². The van der Waals surface area contributed by atoms with Crippen molar-refractivity contribution in [2.24, 2.45) is 5.73 Å². The first-order valence-electron chi connectivity index (χ1n) is 4.43. The smallest absolute Gasteiger partial charge is 0.325 e. The molecule has 13 heavy (non-hydrogen) atoms. The average Bonchev–Trinajstić information content (AvgIpc) is 1.96. The Balaban J connectivity index is 3.83. The molecule has 4 heteroatoms. The first kappa shape index (κ1) is 12.4. The molecule has 0 aromatic carbocycles. The Bertz CT molecular complexity index is 163. The van der Waals surface area contributed by atoms with Crippen molar-refractivity contribution in [1.29, 1.82) is 0 Å². The fourth-order valence-corrected chi connectivity index (χ4v) is 0.690. The summed E-state index contributed by atoms with van der Waals surface area (Å²) in [5.41, 5.74) is 5.03. The van der Waals surface area contributed by atoms with Crippen LogP contribution in [-0.4, -0.2) is 30.8 Å². The Hall–Kier alpha value is -0.610. The van der Waals surface area contributed by atoms with E-state index in [-0.39, 0.29) is 6.61 Å². The Labute approximate surface area is 79.4 Å². The van der Waals surface area contributed by atoms with Gasteiger partial charge in [0.15, 0.2) is 0 Å². The van der Waals surface area contributed by atoms with Crippen LogP contribution in [-0.2, 0) is 14.3 Å². The highest BCUT2D eigenvalue weighted by molar-refractivity contribution is 5.76. The normalized spacial score (nSPS) is 13.9. The van der Waals surface area contributed by atoms with Crippen molar-refractivity contribution in [3.05, 3.63) is 0 Å². The fraction of sp³-hybridized carbons (Fsp3) is 0.889. The number of nitrogens with two attached hydrogens (primary N) is 1. The van der Waals surface area contributed by atoms with Gasteiger partial charge in [-0.2, -0.15) is 0 Å². The number of rotatable bonds is 4. The first-order chi connectivity index (χ1) is 5.87. The van der Waals surface area contributed by atoms with E-state index in [2.05, 4.69) is 0 Å². The van der Waals surface area contributed by atoms with Crippen LogP contribution in [0.5, 0.6) is 0 Å². The third kappa shape index (κ3) is 6.54. The number of ether oxygens (including phenoxy) is 2. The molecule has 0 unspecified atom stereocenters. The molecule has 0 aromatic rings. The molecule has 0 aromatic heterocycles. The highest BCUT2D eigenvalue weighted by Gasteiger charge is 2.21. The third-order valence-electron chi connectivity index (χ3n) is 1.21. The molecule has 0 aliphatic heterocycles. The third-order valence-corrected chi connectivity index (χ3v) is 1.21. The molecule has 2 N–H and O–H groups in total. The maximum Gasteiger partial charge on any atom is 0.325 e. The highest BCUT2D eigenvalue weighted by atomic mass is 16.6. The summed E-state index contributed by atoms with van der Waals surface area (Å²) in [6.45, 7) is 8.03. The molecular formula is C9H19NO3. The maximum atomic E-state index is 11.2. The molecule has 0 heterocycles. The van der Waals surface area contributed by atoms with Crippen LogP contribution < -0.4 is 5.73 Å². The van der Waals surface area contributed by atoms with Crippen molar-refractivity contribution in [3.8, 4) is 0 Å². The largest absolute Gasteiger partial charge is 0.459 e. The molecule has 0 aliphatic carbocycles. The van der Waals surface area contributed by atoms with Crippen molar-refractivity contribution < 1.29 is 14.3 Å². The molecule has 4 nitrogen and oxygen atoms in total. The van der Waals surface area contributed by atoms with Crippen molar-refractivity contribution in [1.82, 2.24) is 0 Å². The zero-order valence-corrected chi connectivity index (χ0v) is 8.79. The molecule has 1 atom stereocenters. The Morgan fingerprint density at radius 3 is 2.38 bits per heavy atom. The lowest BCUT2D eigenvalue weighted by Gasteiger charge is -2.21. The van der Waals surface area contributed by atoms with E-state index in [4.69, 9.17) is 15.2 Å². The molecule has 0 fully saturated rings. The lowest BCUT2D eigenvalue weighted by molar-refractivity contribution is -0.157. The second-order valence-electron chi connectivity index (χ2n) is 3.80. The predicted octanol–water partition coefficient (Wildman–Crippen LogP) is 0.692. The Morgan fingerprint density at radius 2 is 2.00 bits per heavy atom. The second-order valence-corrected chi connectivity index (χ2v) is 3.80. The monoisotopic (exact) mass is 189 g/mol. The predicted molar refractivity (Wildman–Crippen MR) is 50.3 cm³/mol. The summed E-state index contributed by atoms with van der Waals surface area (Å²) in [6, 6.07) is -0.681. The number of hydrogen-bond acceptors (Lipinski definition) is 4. The fourth-order valence-electron chi connectivity index (χ4n) is 0.690. The van der Waals surface area contributed by atoms with Gasteiger partial charge in [0.1, 0.15) is 11.6 Å². The van der Waals surface area contributed by atoms with Gasteiger partial charge < -0.3 is 15.2 Å². The van der Waals surface area contributed by atoms with Gasteiger partial charge in [-0.05, 0) is 27.7 Å². The van der Waals surface area contributed by atoms with Crippen LogP contribution in [0.3, 0.4) is 0 Å². The van der Waals surface area contributed by atoms with Crippen molar-refractivity contribution in [2.75, 3.05) is 13.2 Å². The van der Waals surface area contributed by atoms with Crippen LogP contribution in [0.2, 0.25) is 0 Å². The van der Waals surface area contributed by atoms with Crippen molar-refractivity contribution >= 4 is 5.97 Å². The van der Waals surface area contributed by atoms with Gasteiger partial charge in [0, 0.05) is 6.61 Å². The maximum absolute atomic E-state index is 11.2. The van der Waals surface area contributed by atoms with Gasteiger partial charge in [-0.3, -0.25) is 4.79 Å². The molecular weight excluding hydrogens is 170 g/mol. The number of esters is 1. The van der Waals surface area contributed by atoms with Crippen LogP contribution in [0, 0.1) is 0 Å². The summed E-state index contributed by atoms with van der Waals surface area (Å²) >= 11 is 0. The number of carbonyl (C=O) groups excluding carboxylic acids is 1. The van der Waals surface area contributed by atoms with E-state index in [1.165, 1.54) is 0 Å². The molecule has 0 aliphatic rings. The number of hydrogen-bond donors (Lipinski definition) is 1. The van der Waals surface area contributed by atoms with E-state index in [0.717, 1.165) is 0 Å². The Morgan fingerprint density at radius 1 is 1.46 bits per heavy atom. The van der Waals surface area contributed by atoms with Gasteiger partial charge in [-0.15, -0.1) is 0 Å². The summed E-state index contributed by atoms with van der Waals surface area (Å²) in [4.78, 5) is 11.2. The summed E-state index contributed by atoms with van der Waals surface area (Å²) < 4.78 is 10.1. The van der Waals surface area contributed by atoms with Crippen LogP contribution in [0.15, 0.2) is 0 Å². The quantitative estimate of drug-likeness (QED) is 0.661. The van der Waals surface area contributed by atoms with Gasteiger partial charge in [0.2, 0.25) is 0 Å². The van der Waals surface area contributed by atoms with Gasteiger partial charge in [-0.25, -0.2) is 0 Å². The topological polar surface area (TPSA) is 61.5 Å². The van der Waals surface area contributed by atoms with Gasteiger partial charge >= 0.3 is 5.97 Å². The molecule has 78 valence electrons. The van der Waals surface area contributed by atoms with Crippen molar-refractivity contribution in [3.63, 3.8) is 0 Å². The van der Waals surface area contributed by atoms with Crippen LogP contribution in [0.1, 0.15) is 27.7 Å².